The van der Waals surface area contributed by atoms with Crippen LogP contribution in [0.3, 0.4) is 0 Å². The molecule has 0 bridgehead atoms. The van der Waals surface area contributed by atoms with Crippen LogP contribution in [0.4, 0.5) is 0 Å². The zero-order valence-electron chi connectivity index (χ0n) is 12.1. The number of methoxy groups -OCH3 is 2. The van der Waals surface area contributed by atoms with Crippen molar-refractivity contribution in [1.29, 1.82) is 0 Å². The lowest BCUT2D eigenvalue weighted by atomic mass is 10.2. The number of nitrogens with two attached hydrogens (primary N) is 1. The van der Waals surface area contributed by atoms with Crippen molar-refractivity contribution in [1.82, 2.24) is 4.90 Å². The van der Waals surface area contributed by atoms with Crippen molar-refractivity contribution in [3.63, 3.8) is 0 Å². The van der Waals surface area contributed by atoms with E-state index in [2.05, 4.69) is 10.1 Å². The van der Waals surface area contributed by atoms with Gasteiger partial charge in [0.1, 0.15) is 11.6 Å². The molecule has 6 heteroatoms. The number of ether oxygens (including phenoxy) is 2. The minimum Gasteiger partial charge on any atom is -0.496 e. The molecule has 0 heterocycles. The summed E-state index contributed by atoms with van der Waals surface area (Å²) in [6.07, 6.45) is 0.509. The van der Waals surface area contributed by atoms with Gasteiger partial charge in [-0.1, -0.05) is 23.4 Å². The molecule has 1 rings (SSSR count). The minimum atomic E-state index is 0.229. The van der Waals surface area contributed by atoms with Crippen molar-refractivity contribution >= 4 is 5.84 Å². The maximum atomic E-state index is 8.60. The van der Waals surface area contributed by atoms with Crippen LogP contribution in [0.25, 0.3) is 0 Å². The third kappa shape index (κ3) is 5.46. The van der Waals surface area contributed by atoms with Gasteiger partial charge < -0.3 is 20.4 Å². The lowest BCUT2D eigenvalue weighted by molar-refractivity contribution is 0.145. The summed E-state index contributed by atoms with van der Waals surface area (Å²) in [7, 11) is 3.33. The zero-order chi connectivity index (χ0) is 14.8. The topological polar surface area (TPSA) is 80.3 Å². The second-order valence-electron chi connectivity index (χ2n) is 4.42. The van der Waals surface area contributed by atoms with E-state index in [4.69, 9.17) is 20.4 Å². The number of hydrogen-bond acceptors (Lipinski definition) is 5. The predicted molar refractivity (Wildman–Crippen MR) is 78.2 cm³/mol. The van der Waals surface area contributed by atoms with Crippen molar-refractivity contribution in [2.24, 2.45) is 10.9 Å². The number of hydrogen-bond donors (Lipinski definition) is 2. The average Bonchev–Trinajstić information content (AvgIpc) is 2.49. The van der Waals surface area contributed by atoms with Crippen molar-refractivity contribution in [3.05, 3.63) is 29.8 Å². The van der Waals surface area contributed by atoms with Crippen LogP contribution in [0.15, 0.2) is 29.4 Å². The van der Waals surface area contributed by atoms with Gasteiger partial charge in [-0.25, -0.2) is 0 Å². The van der Waals surface area contributed by atoms with E-state index in [1.54, 1.807) is 14.2 Å². The molecule has 20 heavy (non-hydrogen) atoms. The van der Waals surface area contributed by atoms with E-state index in [0.717, 1.165) is 24.4 Å². The van der Waals surface area contributed by atoms with Crippen LogP contribution in [0, 0.1) is 0 Å². The van der Waals surface area contributed by atoms with Crippen LogP contribution in [-0.2, 0) is 11.3 Å². The van der Waals surface area contributed by atoms with Crippen LogP contribution >= 0.6 is 0 Å². The highest BCUT2D eigenvalue weighted by molar-refractivity contribution is 5.79. The van der Waals surface area contributed by atoms with E-state index < -0.39 is 0 Å². The van der Waals surface area contributed by atoms with Gasteiger partial charge in [-0.3, -0.25) is 4.90 Å². The van der Waals surface area contributed by atoms with Gasteiger partial charge in [0, 0.05) is 38.7 Å². The molecule has 6 nitrogen and oxygen atoms in total. The molecule has 0 unspecified atom stereocenters. The lowest BCUT2D eigenvalue weighted by Crippen LogP contribution is -2.31. The van der Waals surface area contributed by atoms with Crippen molar-refractivity contribution in [2.45, 2.75) is 13.0 Å². The quantitative estimate of drug-likeness (QED) is 0.308. The Hall–Kier alpha value is -1.79. The Morgan fingerprint density at radius 3 is 2.70 bits per heavy atom. The molecule has 0 fully saturated rings. The first-order chi connectivity index (χ1) is 9.71. The Kier molecular flexibility index (Phi) is 7.46. The molecule has 0 saturated heterocycles. The molecular weight excluding hydrogens is 258 g/mol. The zero-order valence-corrected chi connectivity index (χ0v) is 12.1. The first kappa shape index (κ1) is 16.3. The fourth-order valence-electron chi connectivity index (χ4n) is 1.89. The van der Waals surface area contributed by atoms with Gasteiger partial charge in [0.25, 0.3) is 0 Å². The van der Waals surface area contributed by atoms with Crippen LogP contribution in [0.1, 0.15) is 12.0 Å². The number of rotatable bonds is 9. The van der Waals surface area contributed by atoms with Crippen LogP contribution in [-0.4, -0.2) is 49.9 Å². The highest BCUT2D eigenvalue weighted by Gasteiger charge is 2.10. The highest BCUT2D eigenvalue weighted by atomic mass is 16.5. The fraction of sp³-hybridized carbons (Fsp3) is 0.500. The van der Waals surface area contributed by atoms with Crippen molar-refractivity contribution in [2.75, 3.05) is 33.9 Å². The average molecular weight is 281 g/mol. The molecule has 0 aromatic heterocycles. The first-order valence-electron chi connectivity index (χ1n) is 6.50. The van der Waals surface area contributed by atoms with E-state index in [-0.39, 0.29) is 5.84 Å². The summed E-state index contributed by atoms with van der Waals surface area (Å²) in [6.45, 7) is 2.82. The van der Waals surface area contributed by atoms with E-state index in [0.29, 0.717) is 19.6 Å². The van der Waals surface area contributed by atoms with E-state index >= 15 is 0 Å². The highest BCUT2D eigenvalue weighted by Crippen LogP contribution is 2.19. The number of para-hydroxylation sites is 1. The molecule has 0 aliphatic rings. The fourth-order valence-corrected chi connectivity index (χ4v) is 1.89. The van der Waals surface area contributed by atoms with Crippen molar-refractivity contribution in [3.8, 4) is 5.75 Å². The molecule has 0 saturated carbocycles. The number of amidine groups is 1. The number of nitrogens with zero attached hydrogens (tertiary/aromatic N) is 2. The molecule has 0 aliphatic heterocycles. The van der Waals surface area contributed by atoms with Gasteiger partial charge in [0.15, 0.2) is 0 Å². The lowest BCUT2D eigenvalue weighted by Gasteiger charge is -2.22. The van der Waals surface area contributed by atoms with Crippen LogP contribution in [0.2, 0.25) is 0 Å². The smallest absolute Gasteiger partial charge is 0.140 e. The van der Waals surface area contributed by atoms with Gasteiger partial charge in [0.2, 0.25) is 0 Å². The van der Waals surface area contributed by atoms with E-state index in [1.807, 2.05) is 24.3 Å². The maximum Gasteiger partial charge on any atom is 0.140 e. The standard InChI is InChI=1S/C14H23N3O3/c1-19-10-9-17(8-7-14(15)16-18)11-12-5-3-4-6-13(12)20-2/h3-6,18H,7-11H2,1-2H3,(H2,15,16). The van der Waals surface area contributed by atoms with E-state index in [9.17, 15) is 0 Å². The number of oxime groups is 1. The second kappa shape index (κ2) is 9.17. The summed E-state index contributed by atoms with van der Waals surface area (Å²) < 4.78 is 10.5. The third-order valence-corrected chi connectivity index (χ3v) is 3.01. The Bertz CT molecular complexity index is 424. The van der Waals surface area contributed by atoms with Gasteiger partial charge in [-0.15, -0.1) is 0 Å². The second-order valence-corrected chi connectivity index (χ2v) is 4.42. The Morgan fingerprint density at radius 2 is 2.05 bits per heavy atom. The van der Waals surface area contributed by atoms with Gasteiger partial charge in [-0.2, -0.15) is 0 Å². The molecule has 0 radical (unpaired) electrons. The molecule has 3 N–H and O–H groups in total. The van der Waals surface area contributed by atoms with Gasteiger partial charge in [0.05, 0.1) is 13.7 Å². The molecule has 1 aromatic rings. The predicted octanol–water partition coefficient (Wildman–Crippen LogP) is 1.28. The van der Waals surface area contributed by atoms with E-state index in [1.165, 1.54) is 0 Å². The molecule has 0 aliphatic carbocycles. The summed E-state index contributed by atoms with van der Waals surface area (Å²) in [5.41, 5.74) is 6.62. The van der Waals surface area contributed by atoms with Gasteiger partial charge in [-0.05, 0) is 6.07 Å². The Balaban J connectivity index is 2.67. The Morgan fingerprint density at radius 1 is 1.30 bits per heavy atom. The summed E-state index contributed by atoms with van der Waals surface area (Å²) in [6, 6.07) is 7.89. The SMILES string of the molecule is COCCN(CCC(N)=NO)Cc1ccccc1OC. The number of benzene rings is 1. The molecule has 1 aromatic carbocycles. The molecule has 0 atom stereocenters. The molecule has 0 spiro atoms. The van der Waals surface area contributed by atoms with Crippen molar-refractivity contribution < 1.29 is 14.7 Å². The monoisotopic (exact) mass is 281 g/mol. The third-order valence-electron chi connectivity index (χ3n) is 3.01. The summed E-state index contributed by atoms with van der Waals surface area (Å²) >= 11 is 0. The normalized spacial score (nSPS) is 11.8. The summed E-state index contributed by atoms with van der Waals surface area (Å²) in [5.74, 6) is 1.09. The summed E-state index contributed by atoms with van der Waals surface area (Å²) in [5, 5.41) is 11.6. The summed E-state index contributed by atoms with van der Waals surface area (Å²) in [4.78, 5) is 2.18. The van der Waals surface area contributed by atoms with Crippen LogP contribution < -0.4 is 10.5 Å². The minimum absolute atomic E-state index is 0.229. The maximum absolute atomic E-state index is 8.60. The van der Waals surface area contributed by atoms with Crippen LogP contribution in [0.5, 0.6) is 5.75 Å². The Labute approximate surface area is 119 Å². The molecule has 0 amide bonds. The largest absolute Gasteiger partial charge is 0.496 e. The molecule has 112 valence electrons. The van der Waals surface area contributed by atoms with Gasteiger partial charge >= 0.3 is 0 Å². The first-order valence-corrected chi connectivity index (χ1v) is 6.50. The molecular formula is C14H23N3O3.